The van der Waals surface area contributed by atoms with E-state index in [0.717, 1.165) is 0 Å². The number of hydrogen-bond donors (Lipinski definition) is 9. The van der Waals surface area contributed by atoms with Gasteiger partial charge in [0.25, 0.3) is 0 Å². The van der Waals surface area contributed by atoms with Crippen molar-refractivity contribution in [1.29, 1.82) is 0 Å². The maximum Gasteiger partial charge on any atom is 0.187 e. The minimum absolute atomic E-state index is 0.596. The molecule has 36 heavy (non-hydrogen) atoms. The summed E-state index contributed by atoms with van der Waals surface area (Å²) in [4.78, 5) is 0. The van der Waals surface area contributed by atoms with Crippen LogP contribution in [0.25, 0.3) is 0 Å². The topological polar surface area (TPSA) is 247 Å². The summed E-state index contributed by atoms with van der Waals surface area (Å²) in [6, 6.07) is 0. The second kappa shape index (κ2) is 12.9. The second-order valence-electron chi connectivity index (χ2n) is 8.76. The predicted molar refractivity (Wildman–Crippen MR) is 111 cm³/mol. The minimum atomic E-state index is -1.85. The van der Waals surface area contributed by atoms with E-state index in [0.29, 0.717) is 0 Å². The molecule has 212 valence electrons. The molecule has 16 heteroatoms. The van der Waals surface area contributed by atoms with E-state index in [1.165, 1.54) is 14.2 Å². The van der Waals surface area contributed by atoms with Crippen molar-refractivity contribution in [2.24, 2.45) is 0 Å². The number of rotatable bonds is 9. The first-order valence-electron chi connectivity index (χ1n) is 11.4. The van der Waals surface area contributed by atoms with Gasteiger partial charge in [0, 0.05) is 14.2 Å². The van der Waals surface area contributed by atoms with Crippen LogP contribution >= 0.6 is 0 Å². The fourth-order valence-electron chi connectivity index (χ4n) is 4.51. The van der Waals surface area contributed by atoms with Crippen molar-refractivity contribution in [2.45, 2.75) is 92.1 Å². The van der Waals surface area contributed by atoms with Crippen LogP contribution in [0.2, 0.25) is 0 Å². The lowest BCUT2D eigenvalue weighted by Crippen LogP contribution is -2.66. The van der Waals surface area contributed by atoms with Crippen molar-refractivity contribution in [2.75, 3.05) is 34.0 Å². The molecule has 0 aromatic rings. The summed E-state index contributed by atoms with van der Waals surface area (Å²) in [5, 5.41) is 91.6. The molecule has 3 aliphatic rings. The molecule has 15 atom stereocenters. The standard InChI is InChI=1S/C20H36O16/c1-30-15-6(3-21)33-19(13(28)9(15)24)36-17-8(5-23)34-20(14(29)11(17)26)35-16-7(4-22)32-18(31-2)12(27)10(16)25/h6-29H,3-5H2,1-2H3/t6?,7?,8?,9-,10-,11-,12?,13?,14?,15-,16-,17-,18-,19+,20+/m1/s1. The van der Waals surface area contributed by atoms with Gasteiger partial charge < -0.3 is 79.1 Å². The fraction of sp³-hybridized carbons (Fsp3) is 1.00. The highest BCUT2D eigenvalue weighted by molar-refractivity contribution is 4.96. The normalized spacial score (nSPS) is 50.2. The summed E-state index contributed by atoms with van der Waals surface area (Å²) in [6.07, 6.45) is -22.4. The van der Waals surface area contributed by atoms with Crippen LogP contribution in [0, 0.1) is 0 Å². The molecule has 0 spiro atoms. The molecule has 0 bridgehead atoms. The molecule has 9 N–H and O–H groups in total. The van der Waals surface area contributed by atoms with E-state index >= 15 is 0 Å². The van der Waals surface area contributed by atoms with E-state index in [4.69, 9.17) is 33.2 Å². The van der Waals surface area contributed by atoms with E-state index in [1.54, 1.807) is 0 Å². The Hall–Kier alpha value is -0.640. The van der Waals surface area contributed by atoms with Crippen LogP contribution in [0.1, 0.15) is 0 Å². The highest BCUT2D eigenvalue weighted by Gasteiger charge is 2.53. The van der Waals surface area contributed by atoms with Crippen LogP contribution in [0.4, 0.5) is 0 Å². The monoisotopic (exact) mass is 532 g/mol. The first kappa shape index (κ1) is 29.9. The lowest BCUT2D eigenvalue weighted by Gasteiger charge is -2.48. The Balaban J connectivity index is 1.72. The van der Waals surface area contributed by atoms with Crippen LogP contribution in [0.15, 0.2) is 0 Å². The Bertz CT molecular complexity index is 666. The lowest BCUT2D eigenvalue weighted by molar-refractivity contribution is -0.379. The zero-order valence-corrected chi connectivity index (χ0v) is 19.7. The summed E-state index contributed by atoms with van der Waals surface area (Å²) in [5.41, 5.74) is 0. The first-order valence-corrected chi connectivity index (χ1v) is 11.4. The molecule has 0 amide bonds. The summed E-state index contributed by atoms with van der Waals surface area (Å²) < 4.78 is 37.3. The average molecular weight is 532 g/mol. The largest absolute Gasteiger partial charge is 0.394 e. The second-order valence-corrected chi connectivity index (χ2v) is 8.76. The van der Waals surface area contributed by atoms with Gasteiger partial charge in [-0.1, -0.05) is 0 Å². The first-order chi connectivity index (χ1) is 17.1. The van der Waals surface area contributed by atoms with E-state index in [9.17, 15) is 46.0 Å². The van der Waals surface area contributed by atoms with Gasteiger partial charge in [-0.05, 0) is 0 Å². The van der Waals surface area contributed by atoms with Crippen molar-refractivity contribution < 1.29 is 79.1 Å². The quantitative estimate of drug-likeness (QED) is 0.134. The number of methoxy groups -OCH3 is 2. The van der Waals surface area contributed by atoms with Gasteiger partial charge in [0.15, 0.2) is 18.9 Å². The number of hydrogen-bond acceptors (Lipinski definition) is 16. The van der Waals surface area contributed by atoms with Gasteiger partial charge in [0.1, 0.15) is 73.2 Å². The van der Waals surface area contributed by atoms with Crippen molar-refractivity contribution in [3.05, 3.63) is 0 Å². The van der Waals surface area contributed by atoms with Crippen LogP contribution in [-0.2, 0) is 33.2 Å². The van der Waals surface area contributed by atoms with Crippen LogP contribution in [-0.4, -0.2) is 172 Å². The van der Waals surface area contributed by atoms with Crippen molar-refractivity contribution >= 4 is 0 Å². The molecule has 3 heterocycles. The minimum Gasteiger partial charge on any atom is -0.394 e. The number of aliphatic hydroxyl groups is 9. The molecule has 3 fully saturated rings. The average Bonchev–Trinajstić information content (AvgIpc) is 2.88. The maximum atomic E-state index is 10.7. The lowest BCUT2D eigenvalue weighted by atomic mass is 9.96. The summed E-state index contributed by atoms with van der Waals surface area (Å²) in [5.74, 6) is 0. The van der Waals surface area contributed by atoms with Crippen molar-refractivity contribution in [3.63, 3.8) is 0 Å². The summed E-state index contributed by atoms with van der Waals surface area (Å²) in [6.45, 7) is -2.03. The SMILES string of the molecule is CO[C@@H]1OC(CO)[C@@H](O[C@@H]2OC(CO)[C@@H](O[C@@H]3OC(CO)[C@@H](OC)[C@H](O)C3O)[C@H](O)C2O)[C@H](O)C1O. The Kier molecular flexibility index (Phi) is 10.8. The molecular formula is C20H36O16. The molecule has 3 rings (SSSR count). The fourth-order valence-corrected chi connectivity index (χ4v) is 4.51. The summed E-state index contributed by atoms with van der Waals surface area (Å²) in [7, 11) is 2.46. The van der Waals surface area contributed by atoms with Crippen LogP contribution in [0.3, 0.4) is 0 Å². The molecule has 0 radical (unpaired) electrons. The molecule has 16 nitrogen and oxygen atoms in total. The zero-order valence-electron chi connectivity index (χ0n) is 19.7. The summed E-state index contributed by atoms with van der Waals surface area (Å²) >= 11 is 0. The van der Waals surface area contributed by atoms with E-state index in [-0.39, 0.29) is 0 Å². The smallest absolute Gasteiger partial charge is 0.187 e. The molecule has 0 aliphatic carbocycles. The van der Waals surface area contributed by atoms with Gasteiger partial charge in [0.05, 0.1) is 19.8 Å². The molecule has 6 unspecified atom stereocenters. The molecule has 0 aromatic heterocycles. The number of aliphatic hydroxyl groups excluding tert-OH is 9. The molecule has 3 aliphatic heterocycles. The third-order valence-corrected chi connectivity index (χ3v) is 6.55. The highest BCUT2D eigenvalue weighted by atomic mass is 16.8. The van der Waals surface area contributed by atoms with Gasteiger partial charge in [-0.2, -0.15) is 0 Å². The Morgan fingerprint density at radius 3 is 1.17 bits per heavy atom. The Labute approximate surface area is 206 Å². The third kappa shape index (κ3) is 5.84. The molecule has 3 saturated heterocycles. The van der Waals surface area contributed by atoms with E-state index < -0.39 is 112 Å². The zero-order chi connectivity index (χ0) is 26.7. The van der Waals surface area contributed by atoms with Crippen LogP contribution < -0.4 is 0 Å². The maximum absolute atomic E-state index is 10.7. The molecule has 0 saturated carbocycles. The Morgan fingerprint density at radius 2 is 0.806 bits per heavy atom. The number of ether oxygens (including phenoxy) is 7. The third-order valence-electron chi connectivity index (χ3n) is 6.55. The predicted octanol–water partition coefficient (Wildman–Crippen LogP) is -6.26. The Morgan fingerprint density at radius 1 is 0.472 bits per heavy atom. The van der Waals surface area contributed by atoms with Gasteiger partial charge in [-0.15, -0.1) is 0 Å². The molecular weight excluding hydrogens is 496 g/mol. The van der Waals surface area contributed by atoms with Gasteiger partial charge in [0.2, 0.25) is 0 Å². The van der Waals surface area contributed by atoms with E-state index in [1.807, 2.05) is 0 Å². The van der Waals surface area contributed by atoms with Crippen molar-refractivity contribution in [3.8, 4) is 0 Å². The highest BCUT2D eigenvalue weighted by Crippen LogP contribution is 2.32. The van der Waals surface area contributed by atoms with Gasteiger partial charge in [-0.25, -0.2) is 0 Å². The van der Waals surface area contributed by atoms with Gasteiger partial charge in [-0.3, -0.25) is 0 Å². The van der Waals surface area contributed by atoms with Gasteiger partial charge >= 0.3 is 0 Å². The van der Waals surface area contributed by atoms with Crippen LogP contribution in [0.5, 0.6) is 0 Å². The van der Waals surface area contributed by atoms with E-state index in [2.05, 4.69) is 0 Å². The van der Waals surface area contributed by atoms with Crippen molar-refractivity contribution in [1.82, 2.24) is 0 Å². The molecule has 0 aromatic carbocycles.